The largest absolute Gasteiger partial charge is 0.479 e. The average molecular weight is 404 g/mol. The van der Waals surface area contributed by atoms with Crippen molar-refractivity contribution in [2.24, 2.45) is 0 Å². The molecule has 5 nitrogen and oxygen atoms in total. The van der Waals surface area contributed by atoms with E-state index in [4.69, 9.17) is 39.5 Å². The highest BCUT2D eigenvalue weighted by molar-refractivity contribution is 6.35. The highest BCUT2D eigenvalue weighted by Crippen LogP contribution is 2.28. The van der Waals surface area contributed by atoms with Gasteiger partial charge in [-0.25, -0.2) is 0 Å². The number of halogens is 3. The Labute approximate surface area is 160 Å². The number of ether oxygens (including phenoxy) is 1. The standard InChI is InChI=1S/C17H17Cl3N2O3/c1-11(25-15-5-3-12(18)9-14(15)20)17(24)21-7-2-8-22-10-13(19)4-6-16(22)23/h3-6,9-11H,2,7-8H2,1H3,(H,21,24). The fraction of sp³-hybridized carbons (Fsp3) is 0.294. The fourth-order valence-electron chi connectivity index (χ4n) is 2.10. The summed E-state index contributed by atoms with van der Waals surface area (Å²) >= 11 is 17.7. The number of carbonyl (C=O) groups is 1. The van der Waals surface area contributed by atoms with Crippen molar-refractivity contribution in [2.45, 2.75) is 26.0 Å². The molecule has 2 aromatic rings. The molecule has 1 aromatic heterocycles. The van der Waals surface area contributed by atoms with Gasteiger partial charge in [-0.15, -0.1) is 0 Å². The van der Waals surface area contributed by atoms with Crippen LogP contribution in [0.2, 0.25) is 15.1 Å². The molecule has 1 N–H and O–H groups in total. The van der Waals surface area contributed by atoms with Crippen molar-refractivity contribution in [3.05, 3.63) is 62.0 Å². The van der Waals surface area contributed by atoms with Gasteiger partial charge in [0.25, 0.3) is 11.5 Å². The summed E-state index contributed by atoms with van der Waals surface area (Å²) < 4.78 is 7.04. The third kappa shape index (κ3) is 5.96. The first-order valence-electron chi connectivity index (χ1n) is 7.62. The van der Waals surface area contributed by atoms with E-state index >= 15 is 0 Å². The van der Waals surface area contributed by atoms with Gasteiger partial charge in [0.1, 0.15) is 5.75 Å². The summed E-state index contributed by atoms with van der Waals surface area (Å²) in [6.45, 7) is 2.49. The molecule has 1 atom stereocenters. The smallest absolute Gasteiger partial charge is 0.260 e. The molecule has 2 rings (SSSR count). The molecule has 1 unspecified atom stereocenters. The number of amides is 1. The van der Waals surface area contributed by atoms with Gasteiger partial charge in [-0.3, -0.25) is 9.59 Å². The summed E-state index contributed by atoms with van der Waals surface area (Å²) in [4.78, 5) is 23.7. The maximum Gasteiger partial charge on any atom is 0.260 e. The van der Waals surface area contributed by atoms with E-state index in [0.29, 0.717) is 40.3 Å². The highest BCUT2D eigenvalue weighted by atomic mass is 35.5. The predicted molar refractivity (Wildman–Crippen MR) is 99.9 cm³/mol. The van der Waals surface area contributed by atoms with E-state index in [9.17, 15) is 9.59 Å². The normalized spacial score (nSPS) is 11.8. The lowest BCUT2D eigenvalue weighted by Gasteiger charge is -2.16. The van der Waals surface area contributed by atoms with Crippen molar-refractivity contribution in [2.75, 3.05) is 6.54 Å². The van der Waals surface area contributed by atoms with Gasteiger partial charge < -0.3 is 14.6 Å². The molecule has 1 amide bonds. The first-order valence-corrected chi connectivity index (χ1v) is 8.75. The van der Waals surface area contributed by atoms with Crippen LogP contribution in [0.3, 0.4) is 0 Å². The van der Waals surface area contributed by atoms with Crippen molar-refractivity contribution in [3.63, 3.8) is 0 Å². The van der Waals surface area contributed by atoms with Gasteiger partial charge in [0, 0.05) is 30.4 Å². The van der Waals surface area contributed by atoms with E-state index in [1.807, 2.05) is 0 Å². The first-order chi connectivity index (χ1) is 11.9. The monoisotopic (exact) mass is 402 g/mol. The van der Waals surface area contributed by atoms with Gasteiger partial charge in [-0.2, -0.15) is 0 Å². The van der Waals surface area contributed by atoms with Crippen molar-refractivity contribution in [1.82, 2.24) is 9.88 Å². The van der Waals surface area contributed by atoms with E-state index in [2.05, 4.69) is 5.32 Å². The molecule has 0 aliphatic rings. The van der Waals surface area contributed by atoms with Gasteiger partial charge >= 0.3 is 0 Å². The molecule has 0 aliphatic heterocycles. The molecule has 25 heavy (non-hydrogen) atoms. The molecule has 0 spiro atoms. The van der Waals surface area contributed by atoms with Crippen LogP contribution in [0.5, 0.6) is 5.75 Å². The number of aromatic nitrogens is 1. The average Bonchev–Trinajstić information content (AvgIpc) is 2.56. The molecule has 134 valence electrons. The molecule has 0 fully saturated rings. The third-order valence-electron chi connectivity index (χ3n) is 3.39. The van der Waals surface area contributed by atoms with Crippen LogP contribution in [0.25, 0.3) is 0 Å². The van der Waals surface area contributed by atoms with Crippen LogP contribution < -0.4 is 15.6 Å². The van der Waals surface area contributed by atoms with Crippen molar-refractivity contribution in [3.8, 4) is 5.75 Å². The minimum absolute atomic E-state index is 0.134. The number of nitrogens with one attached hydrogen (secondary N) is 1. The van der Waals surface area contributed by atoms with Crippen molar-refractivity contribution in [1.29, 1.82) is 0 Å². The van der Waals surface area contributed by atoms with Crippen LogP contribution in [0.4, 0.5) is 0 Å². The first kappa shape index (κ1) is 19.6. The van der Waals surface area contributed by atoms with Gasteiger partial charge in [0.2, 0.25) is 0 Å². The molecule has 0 saturated carbocycles. The SMILES string of the molecule is CC(Oc1ccc(Cl)cc1Cl)C(=O)NCCCn1cc(Cl)ccc1=O. The molecule has 0 saturated heterocycles. The molecular weight excluding hydrogens is 387 g/mol. The molecule has 0 aliphatic carbocycles. The lowest BCUT2D eigenvalue weighted by atomic mass is 10.3. The van der Waals surface area contributed by atoms with Crippen molar-refractivity contribution >= 4 is 40.7 Å². The summed E-state index contributed by atoms with van der Waals surface area (Å²) in [5, 5.41) is 4.08. The topological polar surface area (TPSA) is 60.3 Å². The summed E-state index contributed by atoms with van der Waals surface area (Å²) in [7, 11) is 0. The van der Waals surface area contributed by atoms with Crippen LogP contribution in [0.15, 0.2) is 41.3 Å². The third-order valence-corrected chi connectivity index (χ3v) is 4.14. The zero-order valence-corrected chi connectivity index (χ0v) is 15.7. The number of nitrogens with zero attached hydrogens (tertiary/aromatic N) is 1. The summed E-state index contributed by atoms with van der Waals surface area (Å²) in [6, 6.07) is 7.75. The molecule has 0 radical (unpaired) electrons. The van der Waals surface area contributed by atoms with Crippen LogP contribution in [-0.2, 0) is 11.3 Å². The van der Waals surface area contributed by atoms with E-state index in [0.717, 1.165) is 0 Å². The lowest BCUT2D eigenvalue weighted by Crippen LogP contribution is -2.37. The number of rotatable bonds is 7. The molecule has 0 bridgehead atoms. The highest BCUT2D eigenvalue weighted by Gasteiger charge is 2.15. The van der Waals surface area contributed by atoms with Gasteiger partial charge in [0.15, 0.2) is 6.10 Å². The van der Waals surface area contributed by atoms with Crippen LogP contribution >= 0.6 is 34.8 Å². The Morgan fingerprint density at radius 2 is 1.92 bits per heavy atom. The van der Waals surface area contributed by atoms with E-state index in [1.54, 1.807) is 37.4 Å². The Morgan fingerprint density at radius 3 is 2.64 bits per heavy atom. The zero-order valence-electron chi connectivity index (χ0n) is 13.5. The second kappa shape index (κ2) is 9.13. The minimum Gasteiger partial charge on any atom is -0.479 e. The Balaban J connectivity index is 1.79. The van der Waals surface area contributed by atoms with Crippen LogP contribution in [0, 0.1) is 0 Å². The van der Waals surface area contributed by atoms with Gasteiger partial charge in [-0.05, 0) is 37.6 Å². The number of hydrogen-bond donors (Lipinski definition) is 1. The van der Waals surface area contributed by atoms with Crippen molar-refractivity contribution < 1.29 is 9.53 Å². The Morgan fingerprint density at radius 1 is 1.20 bits per heavy atom. The number of hydrogen-bond acceptors (Lipinski definition) is 3. The second-order valence-electron chi connectivity index (χ2n) is 5.36. The maximum atomic E-state index is 12.1. The maximum absolute atomic E-state index is 12.1. The predicted octanol–water partition coefficient (Wildman–Crippen LogP) is 3.78. The van der Waals surface area contributed by atoms with E-state index in [1.165, 1.54) is 10.6 Å². The molecule has 1 heterocycles. The second-order valence-corrected chi connectivity index (χ2v) is 6.64. The fourth-order valence-corrected chi connectivity index (χ4v) is 2.73. The summed E-state index contributed by atoms with van der Waals surface area (Å²) in [5.74, 6) is 0.114. The minimum atomic E-state index is -0.715. The zero-order chi connectivity index (χ0) is 18.4. The number of benzene rings is 1. The lowest BCUT2D eigenvalue weighted by molar-refractivity contribution is -0.127. The molecular formula is C17H17Cl3N2O3. The van der Waals surface area contributed by atoms with Gasteiger partial charge in [-0.1, -0.05) is 34.8 Å². The Hall–Kier alpha value is -1.69. The Bertz CT molecular complexity index is 808. The Kier molecular flexibility index (Phi) is 7.17. The summed E-state index contributed by atoms with van der Waals surface area (Å²) in [6.07, 6.45) is 1.44. The molecule has 1 aromatic carbocycles. The number of aryl methyl sites for hydroxylation is 1. The molecule has 8 heteroatoms. The van der Waals surface area contributed by atoms with Crippen LogP contribution in [0.1, 0.15) is 13.3 Å². The van der Waals surface area contributed by atoms with Crippen LogP contribution in [-0.4, -0.2) is 23.1 Å². The number of carbonyl (C=O) groups excluding carboxylic acids is 1. The summed E-state index contributed by atoms with van der Waals surface area (Å²) in [5.41, 5.74) is -0.134. The van der Waals surface area contributed by atoms with Gasteiger partial charge in [0.05, 0.1) is 10.0 Å². The number of pyridine rings is 1. The quantitative estimate of drug-likeness (QED) is 0.716. The van der Waals surface area contributed by atoms with E-state index in [-0.39, 0.29) is 11.5 Å². The van der Waals surface area contributed by atoms with E-state index < -0.39 is 6.10 Å².